The van der Waals surface area contributed by atoms with Crippen LogP contribution in [0.2, 0.25) is 0 Å². The van der Waals surface area contributed by atoms with E-state index in [1.165, 1.54) is 0 Å². The average Bonchev–Trinajstić information content (AvgIpc) is 2.75. The van der Waals surface area contributed by atoms with Crippen molar-refractivity contribution >= 4 is 5.69 Å². The Morgan fingerprint density at radius 1 is 1.38 bits per heavy atom. The molecule has 0 spiro atoms. The van der Waals surface area contributed by atoms with Crippen molar-refractivity contribution in [1.29, 1.82) is 0 Å². The number of rotatable bonds is 3. The molecule has 2 heterocycles. The molecular weight excluding hydrogens is 204 g/mol. The molecule has 2 aromatic rings. The van der Waals surface area contributed by atoms with Crippen LogP contribution in [0.25, 0.3) is 0 Å². The van der Waals surface area contributed by atoms with Crippen LogP contribution in [0.3, 0.4) is 0 Å². The Morgan fingerprint density at radius 3 is 2.75 bits per heavy atom. The molecule has 84 valence electrons. The first-order valence-corrected chi connectivity index (χ1v) is 4.97. The second kappa shape index (κ2) is 4.32. The minimum atomic E-state index is -0.725. The number of hydrogen-bond donors (Lipinski definition) is 1. The highest BCUT2D eigenvalue weighted by atomic mass is 16.3. The molecule has 5 heteroatoms. The lowest BCUT2D eigenvalue weighted by Crippen LogP contribution is -2.25. The van der Waals surface area contributed by atoms with E-state index in [2.05, 4.69) is 9.97 Å². The predicted molar refractivity (Wildman–Crippen MR) is 60.8 cm³/mol. The number of anilines is 1. The topological polar surface area (TPSA) is 54.2 Å². The fourth-order valence-electron chi connectivity index (χ4n) is 1.52. The molecule has 1 atom stereocenters. The number of aromatic nitrogens is 3. The van der Waals surface area contributed by atoms with Crippen molar-refractivity contribution < 1.29 is 5.11 Å². The second-order valence-electron chi connectivity index (χ2n) is 3.63. The van der Waals surface area contributed by atoms with Crippen LogP contribution in [0.4, 0.5) is 5.69 Å². The summed E-state index contributed by atoms with van der Waals surface area (Å²) in [6.07, 6.45) is 6.00. The molecule has 1 N–H and O–H groups in total. The van der Waals surface area contributed by atoms with Crippen molar-refractivity contribution in [2.75, 3.05) is 11.9 Å². The molecule has 0 bridgehead atoms. The number of hydrogen-bond acceptors (Lipinski definition) is 4. The molecule has 2 aromatic heterocycles. The molecular formula is C11H14N4O. The van der Waals surface area contributed by atoms with Gasteiger partial charge >= 0.3 is 0 Å². The number of aliphatic hydroxyl groups excluding tert-OH is 1. The lowest BCUT2D eigenvalue weighted by molar-refractivity contribution is 0.170. The summed E-state index contributed by atoms with van der Waals surface area (Å²) in [5.74, 6) is 0. The van der Waals surface area contributed by atoms with Crippen LogP contribution in [0.15, 0.2) is 37.1 Å². The van der Waals surface area contributed by atoms with E-state index in [0.717, 1.165) is 11.4 Å². The molecule has 1 unspecified atom stereocenters. The van der Waals surface area contributed by atoms with E-state index in [1.54, 1.807) is 34.4 Å². The highest BCUT2D eigenvalue weighted by Gasteiger charge is 2.16. The number of aliphatic hydroxyl groups is 1. The number of aryl methyl sites for hydroxylation is 1. The molecule has 16 heavy (non-hydrogen) atoms. The van der Waals surface area contributed by atoms with Gasteiger partial charge in [0.2, 0.25) is 0 Å². The van der Waals surface area contributed by atoms with E-state index in [4.69, 9.17) is 0 Å². The van der Waals surface area contributed by atoms with Gasteiger partial charge in [-0.05, 0) is 12.1 Å². The molecule has 0 aliphatic carbocycles. The lowest BCUT2D eigenvalue weighted by Gasteiger charge is -2.25. The maximum absolute atomic E-state index is 10.1. The standard InChI is InChI=1S/C11H14N4O/c1-14-8-13-7-10(14)11(16)15(2)9-4-3-5-12-6-9/h3-8,11,16H,1-2H3. The lowest BCUT2D eigenvalue weighted by atomic mass is 10.3. The molecule has 0 radical (unpaired) electrons. The third-order valence-electron chi connectivity index (χ3n) is 2.54. The summed E-state index contributed by atoms with van der Waals surface area (Å²) in [5, 5.41) is 10.1. The summed E-state index contributed by atoms with van der Waals surface area (Å²) < 4.78 is 1.79. The Balaban J connectivity index is 2.23. The first kappa shape index (κ1) is 10.6. The van der Waals surface area contributed by atoms with Crippen LogP contribution in [-0.4, -0.2) is 26.7 Å². The minimum absolute atomic E-state index is 0.725. The van der Waals surface area contributed by atoms with Crippen molar-refractivity contribution in [2.24, 2.45) is 7.05 Å². The summed E-state index contributed by atoms with van der Waals surface area (Å²) in [6, 6.07) is 3.73. The summed E-state index contributed by atoms with van der Waals surface area (Å²) in [5.41, 5.74) is 1.60. The molecule has 0 aliphatic rings. The third kappa shape index (κ3) is 1.90. The third-order valence-corrected chi connectivity index (χ3v) is 2.54. The first-order valence-electron chi connectivity index (χ1n) is 4.97. The zero-order valence-electron chi connectivity index (χ0n) is 9.28. The van der Waals surface area contributed by atoms with Gasteiger partial charge in [-0.25, -0.2) is 4.98 Å². The van der Waals surface area contributed by atoms with Gasteiger partial charge in [-0.15, -0.1) is 0 Å². The maximum atomic E-state index is 10.1. The van der Waals surface area contributed by atoms with Crippen LogP contribution in [0.1, 0.15) is 11.9 Å². The maximum Gasteiger partial charge on any atom is 0.169 e. The van der Waals surface area contributed by atoms with Crippen LogP contribution >= 0.6 is 0 Å². The van der Waals surface area contributed by atoms with Gasteiger partial charge in [0.05, 0.1) is 30.1 Å². The Morgan fingerprint density at radius 2 is 2.19 bits per heavy atom. The van der Waals surface area contributed by atoms with Gasteiger partial charge in [0.1, 0.15) is 0 Å². The van der Waals surface area contributed by atoms with E-state index in [1.807, 2.05) is 26.2 Å². The summed E-state index contributed by atoms with van der Waals surface area (Å²) in [4.78, 5) is 9.74. The number of imidazole rings is 1. The van der Waals surface area contributed by atoms with Gasteiger partial charge in [0.15, 0.2) is 6.23 Å². The highest BCUT2D eigenvalue weighted by Crippen LogP contribution is 2.21. The molecule has 2 rings (SSSR count). The fraction of sp³-hybridized carbons (Fsp3) is 0.273. The number of pyridine rings is 1. The van der Waals surface area contributed by atoms with Gasteiger partial charge in [-0.1, -0.05) is 0 Å². The van der Waals surface area contributed by atoms with Gasteiger partial charge in [-0.2, -0.15) is 0 Å². The molecule has 0 saturated heterocycles. The van der Waals surface area contributed by atoms with Crippen molar-refractivity contribution in [3.63, 3.8) is 0 Å². The van der Waals surface area contributed by atoms with Crippen molar-refractivity contribution in [3.05, 3.63) is 42.7 Å². The average molecular weight is 218 g/mol. The molecule has 0 amide bonds. The van der Waals surface area contributed by atoms with Crippen molar-refractivity contribution in [2.45, 2.75) is 6.23 Å². The monoisotopic (exact) mass is 218 g/mol. The number of nitrogens with zero attached hydrogens (tertiary/aromatic N) is 4. The Kier molecular flexibility index (Phi) is 2.87. The summed E-state index contributed by atoms with van der Waals surface area (Å²) >= 11 is 0. The first-order chi connectivity index (χ1) is 7.70. The smallest absolute Gasteiger partial charge is 0.169 e. The van der Waals surface area contributed by atoms with Gasteiger partial charge in [0.25, 0.3) is 0 Å². The zero-order chi connectivity index (χ0) is 11.5. The summed E-state index contributed by atoms with van der Waals surface area (Å²) in [6.45, 7) is 0. The minimum Gasteiger partial charge on any atom is -0.368 e. The zero-order valence-corrected chi connectivity index (χ0v) is 9.28. The van der Waals surface area contributed by atoms with Crippen LogP contribution < -0.4 is 4.90 Å². The Hall–Kier alpha value is -1.88. The van der Waals surface area contributed by atoms with E-state index < -0.39 is 6.23 Å². The van der Waals surface area contributed by atoms with Crippen LogP contribution in [-0.2, 0) is 7.05 Å². The van der Waals surface area contributed by atoms with E-state index in [0.29, 0.717) is 0 Å². The molecule has 0 fully saturated rings. The Bertz CT molecular complexity index is 454. The van der Waals surface area contributed by atoms with Crippen LogP contribution in [0.5, 0.6) is 0 Å². The molecule has 5 nitrogen and oxygen atoms in total. The van der Waals surface area contributed by atoms with E-state index in [9.17, 15) is 5.11 Å². The second-order valence-corrected chi connectivity index (χ2v) is 3.63. The fourth-order valence-corrected chi connectivity index (χ4v) is 1.52. The van der Waals surface area contributed by atoms with Crippen molar-refractivity contribution in [1.82, 2.24) is 14.5 Å². The Labute approximate surface area is 94.0 Å². The highest BCUT2D eigenvalue weighted by molar-refractivity contribution is 5.44. The summed E-state index contributed by atoms with van der Waals surface area (Å²) in [7, 11) is 3.66. The van der Waals surface area contributed by atoms with Gasteiger partial charge in [-0.3, -0.25) is 4.98 Å². The predicted octanol–water partition coefficient (Wildman–Crippen LogP) is 0.942. The SMILES string of the molecule is CN(c1cccnc1)C(O)c1cncn1C. The van der Waals surface area contributed by atoms with Crippen molar-refractivity contribution in [3.8, 4) is 0 Å². The van der Waals surface area contributed by atoms with Gasteiger partial charge < -0.3 is 14.6 Å². The largest absolute Gasteiger partial charge is 0.368 e. The van der Waals surface area contributed by atoms with E-state index >= 15 is 0 Å². The van der Waals surface area contributed by atoms with E-state index in [-0.39, 0.29) is 0 Å². The molecule has 0 aliphatic heterocycles. The quantitative estimate of drug-likeness (QED) is 0.779. The molecule has 0 aromatic carbocycles. The van der Waals surface area contributed by atoms with Crippen LogP contribution in [0, 0.1) is 0 Å². The normalized spacial score (nSPS) is 12.4. The molecule has 0 saturated carbocycles. The van der Waals surface area contributed by atoms with Gasteiger partial charge in [0, 0.05) is 20.3 Å².